The Balaban J connectivity index is 0.00000225. The molecule has 0 aliphatic carbocycles. The summed E-state index contributed by atoms with van der Waals surface area (Å²) >= 11 is -1.22. The van der Waals surface area contributed by atoms with Gasteiger partial charge in [-0.25, -0.2) is 0 Å². The van der Waals surface area contributed by atoms with Gasteiger partial charge in [0.15, 0.2) is 0 Å². The fourth-order valence-corrected chi connectivity index (χ4v) is 10.6. The van der Waals surface area contributed by atoms with E-state index in [-0.39, 0.29) is 51.4 Å². The molecule has 1 rings (SSSR count). The minimum absolute atomic E-state index is 0. The standard InChI is InChI=1S/C6H5.2C4H9.K.Sn/c1-2-4-6-5-3-1;2*1-3-4-2;;/h1-5H;2*1,3-4H2,2H3;;. The van der Waals surface area contributed by atoms with Gasteiger partial charge in [0.05, 0.1) is 0 Å². The molecule has 0 saturated carbocycles. The van der Waals surface area contributed by atoms with Gasteiger partial charge in [-0.3, -0.25) is 0 Å². The van der Waals surface area contributed by atoms with Crippen molar-refractivity contribution in [1.82, 2.24) is 0 Å². The van der Waals surface area contributed by atoms with Crippen molar-refractivity contribution >= 4 is 74.7 Å². The van der Waals surface area contributed by atoms with Gasteiger partial charge in [-0.15, -0.1) is 0 Å². The Bertz CT molecular complexity index is 240. The summed E-state index contributed by atoms with van der Waals surface area (Å²) < 4.78 is 4.85. The number of hydrogen-bond acceptors (Lipinski definition) is 0. The van der Waals surface area contributed by atoms with E-state index in [2.05, 4.69) is 44.2 Å². The van der Waals surface area contributed by atoms with Crippen molar-refractivity contribution in [3.63, 3.8) is 0 Å². The summed E-state index contributed by atoms with van der Waals surface area (Å²) in [6.07, 6.45) is 5.63. The molecule has 0 bridgehead atoms. The fraction of sp³-hybridized carbons (Fsp3) is 0.571. The van der Waals surface area contributed by atoms with Crippen LogP contribution in [0.1, 0.15) is 39.5 Å². The zero-order chi connectivity index (χ0) is 10.9. The van der Waals surface area contributed by atoms with Crippen molar-refractivity contribution in [2.24, 2.45) is 0 Å². The third-order valence-corrected chi connectivity index (χ3v) is 11.6. The number of hydrogen-bond donors (Lipinski definition) is 0. The SMILES string of the molecule is CCC[CH2][Sn]([CH2]CCC)[c]1ccccc1.[K]. The van der Waals surface area contributed by atoms with Gasteiger partial charge >= 0.3 is 102 Å². The topological polar surface area (TPSA) is 0 Å². The minimum atomic E-state index is -1.22. The first-order valence-corrected chi connectivity index (χ1v) is 11.7. The van der Waals surface area contributed by atoms with Crippen LogP contribution in [-0.2, 0) is 0 Å². The minimum Gasteiger partial charge on any atom is 0 e. The van der Waals surface area contributed by atoms with Crippen LogP contribution in [0.15, 0.2) is 30.3 Å². The molecule has 84 valence electrons. The van der Waals surface area contributed by atoms with Crippen LogP contribution in [0.2, 0.25) is 8.87 Å². The van der Waals surface area contributed by atoms with E-state index in [0.717, 1.165) is 0 Å². The number of benzene rings is 1. The molecule has 0 atom stereocenters. The molecule has 0 aliphatic heterocycles. The molecule has 1 aromatic carbocycles. The van der Waals surface area contributed by atoms with Crippen LogP contribution >= 0.6 is 0 Å². The third kappa shape index (κ3) is 7.17. The normalized spacial score (nSPS) is 10.2. The van der Waals surface area contributed by atoms with Gasteiger partial charge in [-0.05, 0) is 0 Å². The Labute approximate surface area is 151 Å². The van der Waals surface area contributed by atoms with Crippen LogP contribution in [0.3, 0.4) is 0 Å². The van der Waals surface area contributed by atoms with E-state index in [4.69, 9.17) is 0 Å². The van der Waals surface area contributed by atoms with Crippen LogP contribution in [0, 0.1) is 0 Å². The maximum absolute atomic E-state index is 2.38. The molecule has 0 unspecified atom stereocenters. The van der Waals surface area contributed by atoms with Gasteiger partial charge in [0, 0.05) is 51.4 Å². The predicted molar refractivity (Wildman–Crippen MR) is 77.0 cm³/mol. The monoisotopic (exact) mass is 350 g/mol. The van der Waals surface area contributed by atoms with E-state index < -0.39 is 19.8 Å². The van der Waals surface area contributed by atoms with Crippen LogP contribution in [0.25, 0.3) is 0 Å². The Morgan fingerprint density at radius 2 is 1.38 bits per heavy atom. The van der Waals surface area contributed by atoms with Crippen LogP contribution in [0.4, 0.5) is 0 Å². The van der Waals surface area contributed by atoms with E-state index in [0.29, 0.717) is 0 Å². The molecule has 2 radical (unpaired) electrons. The molecule has 0 saturated heterocycles. The average Bonchev–Trinajstić information content (AvgIpc) is 2.30. The van der Waals surface area contributed by atoms with Crippen molar-refractivity contribution < 1.29 is 0 Å². The second-order valence-electron chi connectivity index (χ2n) is 4.18. The van der Waals surface area contributed by atoms with Crippen molar-refractivity contribution in [2.75, 3.05) is 0 Å². The molecule has 0 heterocycles. The van der Waals surface area contributed by atoms with Crippen molar-refractivity contribution in [3.05, 3.63) is 30.3 Å². The van der Waals surface area contributed by atoms with Crippen LogP contribution in [-0.4, -0.2) is 71.1 Å². The fourth-order valence-electron chi connectivity index (χ4n) is 1.87. The summed E-state index contributed by atoms with van der Waals surface area (Å²) in [4.78, 5) is 0. The molecule has 0 N–H and O–H groups in total. The second kappa shape index (κ2) is 11.7. The zero-order valence-electron chi connectivity index (χ0n) is 11.1. The first kappa shape index (κ1) is 17.7. The van der Waals surface area contributed by atoms with Gasteiger partial charge in [-0.1, -0.05) is 0 Å². The second-order valence-corrected chi connectivity index (χ2v) is 12.1. The summed E-state index contributed by atoms with van der Waals surface area (Å²) in [5.74, 6) is 0. The molecule has 0 amide bonds. The Morgan fingerprint density at radius 3 is 1.81 bits per heavy atom. The molecule has 0 fully saturated rings. The Kier molecular flexibility index (Phi) is 12.9. The first-order chi connectivity index (χ1) is 7.38. The molecule has 0 nitrogen and oxygen atoms in total. The van der Waals surface area contributed by atoms with Gasteiger partial charge < -0.3 is 0 Å². The summed E-state index contributed by atoms with van der Waals surface area (Å²) in [5.41, 5.74) is 0. The summed E-state index contributed by atoms with van der Waals surface area (Å²) in [6.45, 7) is 4.62. The van der Waals surface area contributed by atoms with Gasteiger partial charge in [-0.2, -0.15) is 0 Å². The summed E-state index contributed by atoms with van der Waals surface area (Å²) in [6, 6.07) is 11.3. The van der Waals surface area contributed by atoms with Crippen LogP contribution < -0.4 is 3.58 Å². The van der Waals surface area contributed by atoms with Gasteiger partial charge in [0.2, 0.25) is 0 Å². The third-order valence-electron chi connectivity index (χ3n) is 2.85. The molecular weight excluding hydrogens is 326 g/mol. The van der Waals surface area contributed by atoms with Gasteiger partial charge in [0.25, 0.3) is 0 Å². The van der Waals surface area contributed by atoms with Gasteiger partial charge in [0.1, 0.15) is 0 Å². The molecule has 0 aromatic heterocycles. The van der Waals surface area contributed by atoms with E-state index in [1.165, 1.54) is 25.7 Å². The number of unbranched alkanes of at least 4 members (excludes halogenated alkanes) is 2. The molecule has 2 heteroatoms. The Morgan fingerprint density at radius 1 is 0.875 bits per heavy atom. The summed E-state index contributed by atoms with van der Waals surface area (Å²) in [7, 11) is 0. The van der Waals surface area contributed by atoms with E-state index >= 15 is 0 Å². The molecule has 16 heavy (non-hydrogen) atoms. The maximum atomic E-state index is 2.38. The van der Waals surface area contributed by atoms with Crippen molar-refractivity contribution in [2.45, 2.75) is 48.4 Å². The van der Waals surface area contributed by atoms with E-state index in [1.54, 1.807) is 12.5 Å². The first-order valence-electron chi connectivity index (χ1n) is 6.28. The molecular formula is C14H23KSn. The molecule has 1 aromatic rings. The van der Waals surface area contributed by atoms with E-state index in [9.17, 15) is 0 Å². The van der Waals surface area contributed by atoms with Crippen LogP contribution in [0.5, 0.6) is 0 Å². The quantitative estimate of drug-likeness (QED) is 0.660. The molecule has 0 aliphatic rings. The Hall–Kier alpha value is 1.66. The van der Waals surface area contributed by atoms with E-state index in [1.807, 2.05) is 0 Å². The molecule has 0 spiro atoms. The summed E-state index contributed by atoms with van der Waals surface area (Å²) in [5, 5.41) is 0. The number of rotatable bonds is 7. The van der Waals surface area contributed by atoms with Crippen molar-refractivity contribution in [1.29, 1.82) is 0 Å². The zero-order valence-corrected chi connectivity index (χ0v) is 17.1. The maximum Gasteiger partial charge on any atom is 0 e. The smallest absolute Gasteiger partial charge is 0 e. The largest absolute Gasteiger partial charge is 0 e. The van der Waals surface area contributed by atoms with Crippen molar-refractivity contribution in [3.8, 4) is 0 Å². The average molecular weight is 349 g/mol. The predicted octanol–water partition coefficient (Wildman–Crippen LogP) is 3.61.